The summed E-state index contributed by atoms with van der Waals surface area (Å²) in [5.41, 5.74) is -4.03. The van der Waals surface area contributed by atoms with E-state index in [4.69, 9.17) is 37.8 Å². The highest BCUT2D eigenvalue weighted by Crippen LogP contribution is 2.51. The van der Waals surface area contributed by atoms with Crippen LogP contribution in [0.2, 0.25) is 10.0 Å². The highest BCUT2D eigenvalue weighted by molar-refractivity contribution is 6.32. The molecule has 1 aromatic heterocycles. The van der Waals surface area contributed by atoms with Gasteiger partial charge in [-0.15, -0.1) is 0 Å². The number of aromatic carboxylic acids is 1. The van der Waals surface area contributed by atoms with Gasteiger partial charge in [0, 0.05) is 24.2 Å². The third kappa shape index (κ3) is 4.84. The van der Waals surface area contributed by atoms with Crippen molar-refractivity contribution in [2.24, 2.45) is 0 Å². The number of benzene rings is 2. The lowest BCUT2D eigenvalue weighted by Crippen LogP contribution is -2.47. The van der Waals surface area contributed by atoms with E-state index in [2.05, 4.69) is 4.98 Å². The molecule has 0 fully saturated rings. The van der Waals surface area contributed by atoms with Crippen molar-refractivity contribution < 1.29 is 42.4 Å². The Bertz CT molecular complexity index is 1430. The lowest BCUT2D eigenvalue weighted by atomic mass is 9.77. The van der Waals surface area contributed by atoms with Crippen molar-refractivity contribution in [3.05, 3.63) is 75.4 Å². The van der Waals surface area contributed by atoms with Crippen molar-refractivity contribution in [3.8, 4) is 17.4 Å². The van der Waals surface area contributed by atoms with Crippen LogP contribution in [0.3, 0.4) is 0 Å². The van der Waals surface area contributed by atoms with Crippen LogP contribution in [0.25, 0.3) is 0 Å². The molecule has 2 unspecified atom stereocenters. The topological polar surface area (TPSA) is 109 Å². The number of amides is 1. The SMILES string of the molecule is CC(c1ccc(Oc2ncc(C(=O)O)cc2Cl)cc1Cl)C(O)(c1ccc2c(c1)N(C)C(=O)CO2)C(F)(F)F. The molecule has 1 amide bonds. The fourth-order valence-electron chi connectivity index (χ4n) is 4.05. The molecule has 0 radical (unpaired) electrons. The molecule has 0 saturated carbocycles. The van der Waals surface area contributed by atoms with E-state index in [0.29, 0.717) is 0 Å². The Morgan fingerprint density at radius 3 is 2.47 bits per heavy atom. The molecular formula is C25H19Cl2F3N2O6. The molecule has 1 aliphatic rings. The summed E-state index contributed by atoms with van der Waals surface area (Å²) in [7, 11) is 1.40. The second-order valence-electron chi connectivity index (χ2n) is 8.51. The van der Waals surface area contributed by atoms with Crippen LogP contribution >= 0.6 is 23.2 Å². The van der Waals surface area contributed by atoms with Gasteiger partial charge in [0.25, 0.3) is 5.91 Å². The minimum absolute atomic E-state index is 0.0440. The summed E-state index contributed by atoms with van der Waals surface area (Å²) in [5.74, 6) is -3.18. The van der Waals surface area contributed by atoms with Gasteiger partial charge < -0.3 is 24.6 Å². The number of anilines is 1. The molecular weight excluding hydrogens is 552 g/mol. The summed E-state index contributed by atoms with van der Waals surface area (Å²) in [5, 5.41) is 20.0. The van der Waals surface area contributed by atoms with Crippen LogP contribution in [0.4, 0.5) is 18.9 Å². The first-order valence-corrected chi connectivity index (χ1v) is 11.7. The first kappa shape index (κ1) is 27.5. The number of carboxylic acid groups (broad SMARTS) is 1. The van der Waals surface area contributed by atoms with E-state index in [1.165, 1.54) is 38.2 Å². The largest absolute Gasteiger partial charge is 0.482 e. The Morgan fingerprint density at radius 2 is 1.87 bits per heavy atom. The van der Waals surface area contributed by atoms with Gasteiger partial charge >= 0.3 is 12.1 Å². The first-order chi connectivity index (χ1) is 17.7. The number of rotatable bonds is 6. The van der Waals surface area contributed by atoms with E-state index in [1.54, 1.807) is 0 Å². The number of carboxylic acids is 1. The molecule has 1 aliphatic heterocycles. The molecule has 0 bridgehead atoms. The van der Waals surface area contributed by atoms with E-state index in [9.17, 15) is 27.9 Å². The van der Waals surface area contributed by atoms with Gasteiger partial charge in [-0.2, -0.15) is 13.2 Å². The van der Waals surface area contributed by atoms with Crippen LogP contribution in [0.5, 0.6) is 17.4 Å². The van der Waals surface area contributed by atoms with Gasteiger partial charge in [0.2, 0.25) is 5.88 Å². The monoisotopic (exact) mass is 570 g/mol. The summed E-state index contributed by atoms with van der Waals surface area (Å²) < 4.78 is 54.2. The molecule has 2 heterocycles. The summed E-state index contributed by atoms with van der Waals surface area (Å²) in [4.78, 5) is 28.0. The highest BCUT2D eigenvalue weighted by atomic mass is 35.5. The van der Waals surface area contributed by atoms with Crippen LogP contribution in [-0.4, -0.2) is 46.9 Å². The number of carbonyl (C=O) groups excluding carboxylic acids is 1. The van der Waals surface area contributed by atoms with Crippen molar-refractivity contribution in [2.75, 3.05) is 18.6 Å². The van der Waals surface area contributed by atoms with Crippen molar-refractivity contribution in [2.45, 2.75) is 24.6 Å². The molecule has 2 N–H and O–H groups in total. The zero-order valence-electron chi connectivity index (χ0n) is 19.7. The number of carbonyl (C=O) groups is 2. The number of pyridine rings is 1. The summed E-state index contributed by atoms with van der Waals surface area (Å²) in [6, 6.07) is 8.34. The van der Waals surface area contributed by atoms with Crippen molar-refractivity contribution in [1.82, 2.24) is 4.98 Å². The molecule has 0 aliphatic carbocycles. The van der Waals surface area contributed by atoms with Crippen LogP contribution in [0.1, 0.15) is 34.3 Å². The number of nitrogens with zero attached hydrogens (tertiary/aromatic N) is 2. The zero-order valence-corrected chi connectivity index (χ0v) is 21.2. The lowest BCUT2D eigenvalue weighted by Gasteiger charge is -2.38. The predicted molar refractivity (Wildman–Crippen MR) is 131 cm³/mol. The molecule has 38 heavy (non-hydrogen) atoms. The third-order valence-electron chi connectivity index (χ3n) is 6.25. The molecule has 4 rings (SSSR count). The van der Waals surface area contributed by atoms with E-state index >= 15 is 0 Å². The molecule has 13 heteroatoms. The van der Waals surface area contributed by atoms with Gasteiger partial charge in [0.15, 0.2) is 12.2 Å². The molecule has 2 atom stereocenters. The summed E-state index contributed by atoms with van der Waals surface area (Å²) in [6.45, 7) is 0.917. The number of fused-ring (bicyclic) bond motifs is 1. The Hall–Kier alpha value is -3.54. The van der Waals surface area contributed by atoms with Gasteiger partial charge in [0.1, 0.15) is 16.5 Å². The van der Waals surface area contributed by atoms with E-state index in [-0.39, 0.29) is 50.8 Å². The molecule has 2 aromatic carbocycles. The summed E-state index contributed by atoms with van der Waals surface area (Å²) >= 11 is 12.4. The first-order valence-electron chi connectivity index (χ1n) is 10.9. The Balaban J connectivity index is 1.69. The number of halogens is 5. The number of ether oxygens (including phenoxy) is 2. The number of hydrogen-bond donors (Lipinski definition) is 2. The second-order valence-corrected chi connectivity index (χ2v) is 9.33. The average Bonchev–Trinajstić information content (AvgIpc) is 2.85. The molecule has 0 saturated heterocycles. The number of aromatic nitrogens is 1. The molecule has 0 spiro atoms. The maximum atomic E-state index is 14.5. The van der Waals surface area contributed by atoms with Crippen LogP contribution in [0, 0.1) is 0 Å². The molecule has 3 aromatic rings. The number of hydrogen-bond acceptors (Lipinski definition) is 6. The van der Waals surface area contributed by atoms with Crippen LogP contribution in [0.15, 0.2) is 48.7 Å². The average molecular weight is 571 g/mol. The second kappa shape index (κ2) is 9.97. The quantitative estimate of drug-likeness (QED) is 0.386. The standard InChI is InChI=1S/C25H19Cl2F3N2O6/c1-12(16-5-4-15(9-17(16)26)38-22-18(27)7-13(10-31-22)23(34)35)24(36,25(28,29)30)14-3-6-20-19(8-14)32(2)21(33)11-37-20/h3-10,12,36H,11H2,1-2H3,(H,34,35). The predicted octanol–water partition coefficient (Wildman–Crippen LogP) is 5.79. The fraction of sp³-hybridized carbons (Fsp3) is 0.240. The van der Waals surface area contributed by atoms with E-state index < -0.39 is 35.1 Å². The van der Waals surface area contributed by atoms with Gasteiger partial charge in [-0.3, -0.25) is 4.79 Å². The van der Waals surface area contributed by atoms with Gasteiger partial charge in [-0.1, -0.05) is 42.3 Å². The van der Waals surface area contributed by atoms with Gasteiger partial charge in [-0.25, -0.2) is 9.78 Å². The van der Waals surface area contributed by atoms with Crippen LogP contribution < -0.4 is 14.4 Å². The summed E-state index contributed by atoms with van der Waals surface area (Å²) in [6.07, 6.45) is -4.11. The normalized spacial score (nSPS) is 15.8. The smallest absolute Gasteiger partial charge is 0.422 e. The van der Waals surface area contributed by atoms with Crippen molar-refractivity contribution in [1.29, 1.82) is 0 Å². The molecule has 8 nitrogen and oxygen atoms in total. The minimum Gasteiger partial charge on any atom is -0.482 e. The fourth-order valence-corrected chi connectivity index (χ4v) is 4.58. The lowest BCUT2D eigenvalue weighted by molar-refractivity contribution is -0.274. The van der Waals surface area contributed by atoms with Gasteiger partial charge in [-0.05, 0) is 41.5 Å². The maximum Gasteiger partial charge on any atom is 0.422 e. The third-order valence-corrected chi connectivity index (χ3v) is 6.85. The number of alkyl halides is 3. The van der Waals surface area contributed by atoms with Crippen molar-refractivity contribution >= 4 is 40.8 Å². The minimum atomic E-state index is -5.14. The molecule has 200 valence electrons. The maximum absolute atomic E-state index is 14.5. The zero-order chi connectivity index (χ0) is 28.0. The number of likely N-dealkylation sites (N-methyl/N-ethyl adjacent to an activating group) is 1. The van der Waals surface area contributed by atoms with Gasteiger partial charge in [0.05, 0.1) is 11.3 Å². The highest BCUT2D eigenvalue weighted by Gasteiger charge is 2.59. The Kier molecular flexibility index (Phi) is 7.21. The van der Waals surface area contributed by atoms with E-state index in [1.807, 2.05) is 0 Å². The Morgan fingerprint density at radius 1 is 1.16 bits per heavy atom. The van der Waals surface area contributed by atoms with Crippen LogP contribution in [-0.2, 0) is 10.4 Å². The number of aliphatic hydroxyl groups is 1. The Labute approximate surface area is 224 Å². The van der Waals surface area contributed by atoms with E-state index in [0.717, 1.165) is 29.3 Å². The van der Waals surface area contributed by atoms with Crippen molar-refractivity contribution in [3.63, 3.8) is 0 Å².